The molecule has 0 bridgehead atoms. The fourth-order valence-corrected chi connectivity index (χ4v) is 1.80. The van der Waals surface area contributed by atoms with Gasteiger partial charge in [0.05, 0.1) is 9.35 Å². The second kappa shape index (κ2) is 3.07. The topological polar surface area (TPSA) is 34.1 Å². The Morgan fingerprint density at radius 1 is 1.70 bits per heavy atom. The molecule has 0 aliphatic heterocycles. The fourth-order valence-electron chi connectivity index (χ4n) is 0.533. The zero-order chi connectivity index (χ0) is 7.56. The van der Waals surface area contributed by atoms with E-state index in [0.717, 1.165) is 0 Å². The summed E-state index contributed by atoms with van der Waals surface area (Å²) in [5, 5.41) is 1.75. The second-order valence-electron chi connectivity index (χ2n) is 1.59. The minimum absolute atomic E-state index is 0.312. The van der Waals surface area contributed by atoms with Crippen molar-refractivity contribution in [3.63, 3.8) is 0 Å². The summed E-state index contributed by atoms with van der Waals surface area (Å²) in [7, 11) is 0. The Hall–Kier alpha value is -0.480. The lowest BCUT2D eigenvalue weighted by atomic mass is 10.2. The van der Waals surface area contributed by atoms with Crippen molar-refractivity contribution < 1.29 is 9.59 Å². The molecule has 1 rings (SSSR count). The first-order chi connectivity index (χ1) is 4.75. The van der Waals surface area contributed by atoms with Crippen molar-refractivity contribution in [2.24, 2.45) is 0 Å². The molecule has 0 aromatic carbocycles. The van der Waals surface area contributed by atoms with Crippen LogP contribution in [0.3, 0.4) is 0 Å². The molecule has 52 valence electrons. The van der Waals surface area contributed by atoms with Gasteiger partial charge in [0.2, 0.25) is 5.78 Å². The molecular formula is C6H3BrO2S. The van der Waals surface area contributed by atoms with Crippen molar-refractivity contribution in [3.05, 3.63) is 20.8 Å². The zero-order valence-corrected chi connectivity index (χ0v) is 7.24. The van der Waals surface area contributed by atoms with Crippen LogP contribution in [0.1, 0.15) is 10.4 Å². The van der Waals surface area contributed by atoms with Crippen LogP contribution in [0, 0.1) is 0 Å². The quantitative estimate of drug-likeness (QED) is 0.432. The smallest absolute Gasteiger partial charge is 0.227 e. The zero-order valence-electron chi connectivity index (χ0n) is 4.83. The molecule has 0 radical (unpaired) electrons. The maximum atomic E-state index is 10.7. The molecule has 0 unspecified atom stereocenters. The molecule has 0 saturated carbocycles. The van der Waals surface area contributed by atoms with Gasteiger partial charge in [-0.15, -0.1) is 11.3 Å². The number of halogens is 1. The van der Waals surface area contributed by atoms with E-state index in [4.69, 9.17) is 0 Å². The molecule has 0 aliphatic rings. The van der Waals surface area contributed by atoms with Crippen LogP contribution < -0.4 is 0 Å². The Labute approximate surface area is 70.0 Å². The van der Waals surface area contributed by atoms with Gasteiger partial charge in [0, 0.05) is 0 Å². The van der Waals surface area contributed by atoms with E-state index in [0.29, 0.717) is 15.6 Å². The molecule has 0 spiro atoms. The molecule has 0 saturated heterocycles. The lowest BCUT2D eigenvalue weighted by Crippen LogP contribution is -1.97. The third-order valence-electron chi connectivity index (χ3n) is 0.990. The molecule has 10 heavy (non-hydrogen) atoms. The highest BCUT2D eigenvalue weighted by atomic mass is 79.9. The van der Waals surface area contributed by atoms with Crippen molar-refractivity contribution in [2.45, 2.75) is 0 Å². The molecule has 0 amide bonds. The van der Waals surface area contributed by atoms with E-state index < -0.39 is 5.78 Å². The summed E-state index contributed by atoms with van der Waals surface area (Å²) < 4.78 is 0.713. The van der Waals surface area contributed by atoms with Gasteiger partial charge in [0.25, 0.3) is 0 Å². The van der Waals surface area contributed by atoms with E-state index >= 15 is 0 Å². The van der Waals surface area contributed by atoms with Crippen LogP contribution in [0.5, 0.6) is 0 Å². The highest BCUT2D eigenvalue weighted by Crippen LogP contribution is 2.22. The molecule has 0 atom stereocenters. The van der Waals surface area contributed by atoms with Crippen LogP contribution in [0.2, 0.25) is 0 Å². The van der Waals surface area contributed by atoms with Crippen molar-refractivity contribution in [2.75, 3.05) is 0 Å². The van der Waals surface area contributed by atoms with Gasteiger partial charge in [0.15, 0.2) is 6.29 Å². The van der Waals surface area contributed by atoms with Crippen LogP contribution in [0.15, 0.2) is 15.2 Å². The predicted octanol–water partition coefficient (Wildman–Crippen LogP) is 1.89. The number of rotatable bonds is 2. The first-order valence-electron chi connectivity index (χ1n) is 2.48. The average molecular weight is 219 g/mol. The van der Waals surface area contributed by atoms with Gasteiger partial charge in [-0.05, 0) is 27.4 Å². The summed E-state index contributed by atoms with van der Waals surface area (Å²) in [5.41, 5.74) is 0.444. The minimum Gasteiger partial charge on any atom is -0.294 e. The van der Waals surface area contributed by atoms with Crippen molar-refractivity contribution >= 4 is 39.3 Å². The first-order valence-corrected chi connectivity index (χ1v) is 4.15. The van der Waals surface area contributed by atoms with Crippen LogP contribution in [0.25, 0.3) is 0 Å². The van der Waals surface area contributed by atoms with Crippen LogP contribution in [-0.4, -0.2) is 12.1 Å². The summed E-state index contributed by atoms with van der Waals surface area (Å²) >= 11 is 4.53. The van der Waals surface area contributed by atoms with E-state index in [-0.39, 0.29) is 0 Å². The molecule has 0 aliphatic carbocycles. The van der Waals surface area contributed by atoms with E-state index in [1.54, 1.807) is 11.4 Å². The van der Waals surface area contributed by atoms with Gasteiger partial charge in [-0.3, -0.25) is 9.59 Å². The van der Waals surface area contributed by atoms with E-state index in [2.05, 4.69) is 15.9 Å². The van der Waals surface area contributed by atoms with Gasteiger partial charge in [-0.1, -0.05) is 0 Å². The standard InChI is InChI=1S/C6H3BrO2S/c7-6-4(1-2-10-6)5(9)3-8/h1-3H. The van der Waals surface area contributed by atoms with Crippen LogP contribution >= 0.6 is 27.3 Å². The van der Waals surface area contributed by atoms with Crippen LogP contribution in [-0.2, 0) is 4.79 Å². The number of thiophene rings is 1. The summed E-state index contributed by atoms with van der Waals surface area (Å²) in [6, 6.07) is 1.62. The number of ketones is 1. The van der Waals surface area contributed by atoms with Crippen molar-refractivity contribution in [3.8, 4) is 0 Å². The van der Waals surface area contributed by atoms with Gasteiger partial charge in [-0.25, -0.2) is 0 Å². The third kappa shape index (κ3) is 1.33. The van der Waals surface area contributed by atoms with Gasteiger partial charge < -0.3 is 0 Å². The maximum Gasteiger partial charge on any atom is 0.227 e. The van der Waals surface area contributed by atoms with E-state index in [1.807, 2.05) is 0 Å². The number of carbonyl (C=O) groups excluding carboxylic acids is 2. The average Bonchev–Trinajstić information content (AvgIpc) is 2.34. The number of aldehydes is 1. The normalized spacial score (nSPS) is 9.30. The van der Waals surface area contributed by atoms with Crippen molar-refractivity contribution in [1.29, 1.82) is 0 Å². The van der Waals surface area contributed by atoms with Crippen molar-refractivity contribution in [1.82, 2.24) is 0 Å². The van der Waals surface area contributed by atoms with Crippen LogP contribution in [0.4, 0.5) is 0 Å². The molecule has 1 aromatic rings. The Bertz CT molecular complexity index is 266. The predicted molar refractivity (Wildman–Crippen MR) is 42.4 cm³/mol. The molecule has 0 N–H and O–H groups in total. The second-order valence-corrected chi connectivity index (χ2v) is 3.82. The number of carbonyl (C=O) groups is 2. The first kappa shape index (κ1) is 7.63. The Kier molecular flexibility index (Phi) is 2.34. The van der Waals surface area contributed by atoms with Gasteiger partial charge in [-0.2, -0.15) is 0 Å². The molecular weight excluding hydrogens is 216 g/mol. The summed E-state index contributed by atoms with van der Waals surface area (Å²) in [6.45, 7) is 0. The SMILES string of the molecule is O=CC(=O)c1ccsc1Br. The lowest BCUT2D eigenvalue weighted by molar-refractivity contribution is -0.104. The molecule has 0 fully saturated rings. The minimum atomic E-state index is -0.479. The number of Topliss-reactive ketones (excluding diaryl/α,β-unsaturated/α-hetero) is 1. The highest BCUT2D eigenvalue weighted by molar-refractivity contribution is 9.11. The van der Waals surface area contributed by atoms with Gasteiger partial charge >= 0.3 is 0 Å². The summed E-state index contributed by atoms with van der Waals surface area (Å²) in [4.78, 5) is 20.7. The lowest BCUT2D eigenvalue weighted by Gasteiger charge is -1.85. The largest absolute Gasteiger partial charge is 0.294 e. The Morgan fingerprint density at radius 2 is 2.40 bits per heavy atom. The Balaban J connectivity index is 3.04. The monoisotopic (exact) mass is 218 g/mol. The molecule has 1 heterocycles. The molecule has 2 nitrogen and oxygen atoms in total. The molecule has 4 heteroatoms. The molecule has 1 aromatic heterocycles. The summed E-state index contributed by atoms with van der Waals surface area (Å²) in [6.07, 6.45) is 0.312. The van der Waals surface area contributed by atoms with Gasteiger partial charge in [0.1, 0.15) is 0 Å². The Morgan fingerprint density at radius 3 is 2.80 bits per heavy atom. The summed E-state index contributed by atoms with van der Waals surface area (Å²) in [5.74, 6) is -0.479. The number of hydrogen-bond acceptors (Lipinski definition) is 3. The maximum absolute atomic E-state index is 10.7. The van der Waals surface area contributed by atoms with E-state index in [1.165, 1.54) is 11.3 Å². The third-order valence-corrected chi connectivity index (χ3v) is 2.68. The fraction of sp³-hybridized carbons (Fsp3) is 0. The number of hydrogen-bond donors (Lipinski definition) is 0. The highest BCUT2D eigenvalue weighted by Gasteiger charge is 2.08. The van der Waals surface area contributed by atoms with E-state index in [9.17, 15) is 9.59 Å².